The molecule has 4 nitrogen and oxygen atoms in total. The maximum absolute atomic E-state index is 10.4. The Labute approximate surface area is 85.5 Å². The minimum absolute atomic E-state index is 0. The van der Waals surface area contributed by atoms with Crippen LogP contribution in [0.2, 0.25) is 0 Å². The van der Waals surface area contributed by atoms with Crippen molar-refractivity contribution in [3.8, 4) is 0 Å². The van der Waals surface area contributed by atoms with E-state index in [4.69, 9.17) is 0 Å². The van der Waals surface area contributed by atoms with Crippen LogP contribution in [0.15, 0.2) is 0 Å². The molecule has 0 aromatic rings. The molecule has 0 amide bonds. The molecule has 0 bridgehead atoms. The van der Waals surface area contributed by atoms with Crippen LogP contribution in [-0.4, -0.2) is 11.9 Å². The van der Waals surface area contributed by atoms with E-state index in [9.17, 15) is 19.8 Å². The van der Waals surface area contributed by atoms with Crippen LogP contribution in [0, 0.1) is 5.41 Å². The fourth-order valence-corrected chi connectivity index (χ4v) is 1.47. The van der Waals surface area contributed by atoms with E-state index in [1.165, 1.54) is 0 Å². The van der Waals surface area contributed by atoms with Crippen LogP contribution < -0.4 is 10.2 Å². The van der Waals surface area contributed by atoms with Crippen LogP contribution in [0.4, 0.5) is 0 Å². The summed E-state index contributed by atoms with van der Waals surface area (Å²) in [7, 11) is 0. The van der Waals surface area contributed by atoms with Crippen molar-refractivity contribution in [2.24, 2.45) is 5.41 Å². The first kappa shape index (κ1) is 11.7. The molecule has 0 unspecified atom stereocenters. The Kier molecular flexibility index (Phi) is 3.96. The zero-order chi connectivity index (χ0) is 8.48. The number of hydrogen-bond donors (Lipinski definition) is 0. The molecule has 71 valence electrons. The summed E-state index contributed by atoms with van der Waals surface area (Å²) in [6.07, 6.45) is 1.55. The summed E-state index contributed by atoms with van der Waals surface area (Å²) >= 11 is 0. The summed E-state index contributed by atoms with van der Waals surface area (Å²) in [6, 6.07) is 0. The number of carboxylic acids is 2. The summed E-state index contributed by atoms with van der Waals surface area (Å²) < 4.78 is 0. The Bertz CT molecular complexity index is 180. The standard InChI is InChI=1S/C7H10O4.Ag/c8-5(9)7(6(10)11)3-1-2-4-7;/h1-4H2,(H,8,9)(H,10,11);/q;+2/p-2. The molecule has 5 heteroatoms. The second-order valence-corrected chi connectivity index (χ2v) is 2.86. The van der Waals surface area contributed by atoms with Crippen molar-refractivity contribution in [3.05, 3.63) is 0 Å². The number of rotatable bonds is 2. The molecule has 0 atom stereocenters. The molecular weight excluding hydrogens is 256 g/mol. The Morgan fingerprint density at radius 3 is 1.50 bits per heavy atom. The summed E-state index contributed by atoms with van der Waals surface area (Å²) in [5, 5.41) is 20.9. The minimum atomic E-state index is -1.69. The van der Waals surface area contributed by atoms with Crippen molar-refractivity contribution in [1.29, 1.82) is 0 Å². The monoisotopic (exact) mass is 263 g/mol. The summed E-state index contributed by atoms with van der Waals surface area (Å²) in [6.45, 7) is 0. The third kappa shape index (κ3) is 1.71. The van der Waals surface area contributed by atoms with Gasteiger partial charge < -0.3 is 19.8 Å². The van der Waals surface area contributed by atoms with Gasteiger partial charge in [-0.2, -0.15) is 0 Å². The Hall–Kier alpha value is -0.320. The number of carbonyl (C=O) groups is 2. The van der Waals surface area contributed by atoms with Crippen molar-refractivity contribution >= 4 is 11.9 Å². The Morgan fingerprint density at radius 2 is 1.33 bits per heavy atom. The smallest absolute Gasteiger partial charge is 0.549 e. The van der Waals surface area contributed by atoms with Gasteiger partial charge in [0, 0.05) is 5.41 Å². The van der Waals surface area contributed by atoms with Gasteiger partial charge in [-0.3, -0.25) is 0 Å². The van der Waals surface area contributed by atoms with E-state index in [1.54, 1.807) is 0 Å². The van der Waals surface area contributed by atoms with Crippen molar-refractivity contribution in [2.45, 2.75) is 25.7 Å². The SMILES string of the molecule is O=C([O-])C1(C(=O)[O-])CCCC1.[Ag+2]. The van der Waals surface area contributed by atoms with Crippen molar-refractivity contribution in [1.82, 2.24) is 0 Å². The molecule has 0 spiro atoms. The minimum Gasteiger partial charge on any atom is -0.549 e. The summed E-state index contributed by atoms with van der Waals surface area (Å²) in [4.78, 5) is 20.9. The Balaban J connectivity index is 0.00000121. The van der Waals surface area contributed by atoms with Gasteiger partial charge >= 0.3 is 22.4 Å². The van der Waals surface area contributed by atoms with E-state index >= 15 is 0 Å². The molecule has 1 aliphatic carbocycles. The third-order valence-corrected chi connectivity index (χ3v) is 2.24. The van der Waals surface area contributed by atoms with Crippen LogP contribution >= 0.6 is 0 Å². The van der Waals surface area contributed by atoms with Gasteiger partial charge in [-0.15, -0.1) is 0 Å². The number of hydrogen-bond acceptors (Lipinski definition) is 4. The van der Waals surface area contributed by atoms with Gasteiger partial charge in [0.15, 0.2) is 0 Å². The van der Waals surface area contributed by atoms with Gasteiger partial charge in [-0.1, -0.05) is 12.8 Å². The average Bonchev–Trinajstić information content (AvgIpc) is 2.34. The molecule has 1 fully saturated rings. The molecule has 1 radical (unpaired) electrons. The molecule has 0 aromatic heterocycles. The first-order valence-electron chi connectivity index (χ1n) is 3.52. The Morgan fingerprint density at radius 1 is 1.00 bits per heavy atom. The maximum Gasteiger partial charge on any atom is 2.00 e. The van der Waals surface area contributed by atoms with E-state index in [1.807, 2.05) is 0 Å². The normalized spacial score (nSPS) is 19.7. The molecule has 1 rings (SSSR count). The molecule has 0 aromatic carbocycles. The zero-order valence-electron chi connectivity index (χ0n) is 6.26. The van der Waals surface area contributed by atoms with Gasteiger partial charge in [0.25, 0.3) is 0 Å². The van der Waals surface area contributed by atoms with Gasteiger partial charge in [-0.25, -0.2) is 0 Å². The van der Waals surface area contributed by atoms with Crippen molar-refractivity contribution in [3.63, 3.8) is 0 Å². The van der Waals surface area contributed by atoms with Crippen LogP contribution in [0.3, 0.4) is 0 Å². The van der Waals surface area contributed by atoms with E-state index in [0.29, 0.717) is 12.8 Å². The molecule has 0 N–H and O–H groups in total. The van der Waals surface area contributed by atoms with Gasteiger partial charge in [0.05, 0.1) is 11.9 Å². The van der Waals surface area contributed by atoms with Crippen molar-refractivity contribution < 1.29 is 42.2 Å². The van der Waals surface area contributed by atoms with E-state index in [-0.39, 0.29) is 35.2 Å². The van der Waals surface area contributed by atoms with Gasteiger partial charge in [0.2, 0.25) is 0 Å². The second kappa shape index (κ2) is 4.07. The van der Waals surface area contributed by atoms with E-state index in [0.717, 1.165) is 0 Å². The zero-order valence-corrected chi connectivity index (χ0v) is 7.75. The fourth-order valence-electron chi connectivity index (χ4n) is 1.47. The number of carboxylic acid groups (broad SMARTS) is 2. The molecule has 1 aliphatic rings. The maximum atomic E-state index is 10.4. The number of carbonyl (C=O) groups excluding carboxylic acids is 2. The van der Waals surface area contributed by atoms with Gasteiger partial charge in [-0.05, 0) is 12.8 Å². The average molecular weight is 264 g/mol. The molecule has 0 heterocycles. The third-order valence-electron chi connectivity index (χ3n) is 2.24. The second-order valence-electron chi connectivity index (χ2n) is 2.86. The molecule has 0 saturated heterocycles. The molecule has 0 aliphatic heterocycles. The van der Waals surface area contributed by atoms with E-state index < -0.39 is 17.4 Å². The fraction of sp³-hybridized carbons (Fsp3) is 0.714. The largest absolute Gasteiger partial charge is 2.00 e. The topological polar surface area (TPSA) is 80.3 Å². The number of aliphatic carboxylic acids is 2. The summed E-state index contributed by atoms with van der Waals surface area (Å²) in [5.41, 5.74) is -1.69. The van der Waals surface area contributed by atoms with Crippen LogP contribution in [0.1, 0.15) is 25.7 Å². The van der Waals surface area contributed by atoms with Crippen molar-refractivity contribution in [2.75, 3.05) is 0 Å². The predicted molar refractivity (Wildman–Crippen MR) is 30.9 cm³/mol. The quantitative estimate of drug-likeness (QED) is 0.428. The van der Waals surface area contributed by atoms with Crippen LogP contribution in [0.5, 0.6) is 0 Å². The summed E-state index contributed by atoms with van der Waals surface area (Å²) in [5.74, 6) is -3.01. The molecular formula is C7H8AgO4. The van der Waals surface area contributed by atoms with Gasteiger partial charge in [0.1, 0.15) is 0 Å². The predicted octanol–water partition coefficient (Wildman–Crippen LogP) is -1.96. The van der Waals surface area contributed by atoms with Crippen LogP contribution in [-0.2, 0) is 32.0 Å². The molecule has 12 heavy (non-hydrogen) atoms. The first-order valence-corrected chi connectivity index (χ1v) is 3.52. The molecule has 1 saturated carbocycles. The van der Waals surface area contributed by atoms with Crippen LogP contribution in [0.25, 0.3) is 0 Å². The van der Waals surface area contributed by atoms with E-state index in [2.05, 4.69) is 0 Å². The first-order chi connectivity index (χ1) is 5.09.